The van der Waals surface area contributed by atoms with Crippen LogP contribution in [0.3, 0.4) is 0 Å². The van der Waals surface area contributed by atoms with Crippen molar-refractivity contribution < 1.29 is 9.59 Å². The molecule has 2 amide bonds. The number of rotatable bonds is 6. The number of carbonyl (C=O) groups excluding carboxylic acids is 2. The number of hydrogen-bond acceptors (Lipinski definition) is 3. The van der Waals surface area contributed by atoms with E-state index in [4.69, 9.17) is 0 Å². The molecule has 2 aliphatic rings. The van der Waals surface area contributed by atoms with E-state index in [9.17, 15) is 9.59 Å². The lowest BCUT2D eigenvalue weighted by Gasteiger charge is -2.46. The average molecular weight is 366 g/mol. The number of benzene rings is 1. The molecular formula is C21H26N4O2. The Bertz CT molecular complexity index is 790. The highest BCUT2D eigenvalue weighted by Gasteiger charge is 2.50. The summed E-state index contributed by atoms with van der Waals surface area (Å²) in [6.07, 6.45) is 8.09. The standard InChI is InChI=1S/C21H26N4O2/c26-19(15-24-13-5-12-23-24)22-16-21-10-4-8-18(21)25(20(27)9-11-21)14-17-6-2-1-3-7-17/h1-3,5-7,12-13,18H,4,8-11,14-16H2,(H,22,26)/t18-,21+/m1/s1. The maximum atomic E-state index is 12.7. The second-order valence-corrected chi connectivity index (χ2v) is 7.76. The van der Waals surface area contributed by atoms with Crippen molar-refractivity contribution in [2.75, 3.05) is 6.54 Å². The minimum atomic E-state index is -0.0229. The normalized spacial score (nSPS) is 24.7. The molecule has 2 heterocycles. The molecule has 1 saturated heterocycles. The van der Waals surface area contributed by atoms with E-state index in [-0.39, 0.29) is 29.8 Å². The number of nitrogens with zero attached hydrogens (tertiary/aromatic N) is 3. The quantitative estimate of drug-likeness (QED) is 0.853. The highest BCUT2D eigenvalue weighted by atomic mass is 16.2. The van der Waals surface area contributed by atoms with E-state index >= 15 is 0 Å². The van der Waals surface area contributed by atoms with Crippen molar-refractivity contribution in [2.24, 2.45) is 5.41 Å². The van der Waals surface area contributed by atoms with Gasteiger partial charge in [-0.2, -0.15) is 5.10 Å². The van der Waals surface area contributed by atoms with Crippen LogP contribution in [-0.4, -0.2) is 39.1 Å². The summed E-state index contributed by atoms with van der Waals surface area (Å²) in [5.41, 5.74) is 1.17. The lowest BCUT2D eigenvalue weighted by molar-refractivity contribution is -0.142. The molecule has 142 valence electrons. The molecule has 27 heavy (non-hydrogen) atoms. The monoisotopic (exact) mass is 366 g/mol. The van der Waals surface area contributed by atoms with E-state index in [0.717, 1.165) is 31.2 Å². The molecule has 6 nitrogen and oxygen atoms in total. The van der Waals surface area contributed by atoms with Crippen LogP contribution in [0.2, 0.25) is 0 Å². The predicted octanol–water partition coefficient (Wildman–Crippen LogP) is 2.36. The van der Waals surface area contributed by atoms with E-state index in [1.54, 1.807) is 17.1 Å². The van der Waals surface area contributed by atoms with Gasteiger partial charge < -0.3 is 10.2 Å². The third-order valence-corrected chi connectivity index (χ3v) is 6.09. The average Bonchev–Trinajstić information content (AvgIpc) is 3.34. The van der Waals surface area contributed by atoms with Gasteiger partial charge in [-0.1, -0.05) is 36.8 Å². The molecular weight excluding hydrogens is 340 g/mol. The van der Waals surface area contributed by atoms with Crippen molar-refractivity contribution in [3.63, 3.8) is 0 Å². The molecule has 4 rings (SSSR count). The Morgan fingerprint density at radius 2 is 2.07 bits per heavy atom. The van der Waals surface area contributed by atoms with Crippen molar-refractivity contribution in [1.29, 1.82) is 0 Å². The van der Waals surface area contributed by atoms with Crippen molar-refractivity contribution >= 4 is 11.8 Å². The molecule has 1 aliphatic heterocycles. The largest absolute Gasteiger partial charge is 0.354 e. The minimum absolute atomic E-state index is 0.00245. The van der Waals surface area contributed by atoms with Gasteiger partial charge in [0, 0.05) is 43.4 Å². The Morgan fingerprint density at radius 1 is 1.22 bits per heavy atom. The van der Waals surface area contributed by atoms with Crippen LogP contribution in [-0.2, 0) is 22.7 Å². The Morgan fingerprint density at radius 3 is 2.85 bits per heavy atom. The fraction of sp³-hybridized carbons (Fsp3) is 0.476. The summed E-state index contributed by atoms with van der Waals surface area (Å²) in [6, 6.07) is 12.2. The second-order valence-electron chi connectivity index (χ2n) is 7.76. The van der Waals surface area contributed by atoms with Gasteiger partial charge in [0.25, 0.3) is 0 Å². The first-order valence-corrected chi connectivity index (χ1v) is 9.74. The molecule has 0 radical (unpaired) electrons. The number of aromatic nitrogens is 2. The van der Waals surface area contributed by atoms with E-state index in [1.165, 1.54) is 0 Å². The van der Waals surface area contributed by atoms with Crippen LogP contribution in [0.15, 0.2) is 48.8 Å². The van der Waals surface area contributed by atoms with Crippen LogP contribution >= 0.6 is 0 Å². The maximum Gasteiger partial charge on any atom is 0.241 e. The van der Waals surface area contributed by atoms with Crippen molar-refractivity contribution in [3.8, 4) is 0 Å². The lowest BCUT2D eigenvalue weighted by atomic mass is 9.74. The van der Waals surface area contributed by atoms with E-state index < -0.39 is 0 Å². The summed E-state index contributed by atoms with van der Waals surface area (Å²) in [4.78, 5) is 27.0. The highest BCUT2D eigenvalue weighted by molar-refractivity contribution is 5.78. The smallest absolute Gasteiger partial charge is 0.241 e. The molecule has 6 heteroatoms. The first kappa shape index (κ1) is 17.8. The summed E-state index contributed by atoms with van der Waals surface area (Å²) in [5.74, 6) is 0.217. The molecule has 1 aromatic heterocycles. The Balaban J connectivity index is 1.44. The van der Waals surface area contributed by atoms with Gasteiger partial charge in [-0.15, -0.1) is 0 Å². The van der Waals surface area contributed by atoms with Gasteiger partial charge >= 0.3 is 0 Å². The third-order valence-electron chi connectivity index (χ3n) is 6.09. The zero-order valence-electron chi connectivity index (χ0n) is 15.5. The van der Waals surface area contributed by atoms with Gasteiger partial charge in [-0.3, -0.25) is 14.3 Å². The zero-order valence-corrected chi connectivity index (χ0v) is 15.5. The molecule has 1 aliphatic carbocycles. The van der Waals surface area contributed by atoms with E-state index in [2.05, 4.69) is 27.4 Å². The van der Waals surface area contributed by atoms with Gasteiger partial charge in [0.05, 0.1) is 0 Å². The van der Waals surface area contributed by atoms with Gasteiger partial charge in [0.15, 0.2) is 0 Å². The summed E-state index contributed by atoms with van der Waals surface area (Å²) in [7, 11) is 0. The van der Waals surface area contributed by atoms with Crippen LogP contribution in [0.25, 0.3) is 0 Å². The number of fused-ring (bicyclic) bond motifs is 1. The summed E-state index contributed by atoms with van der Waals surface area (Å²) in [5, 5.41) is 7.20. The van der Waals surface area contributed by atoms with Crippen molar-refractivity contribution in [2.45, 2.75) is 51.2 Å². The van der Waals surface area contributed by atoms with Crippen LogP contribution < -0.4 is 5.32 Å². The van der Waals surface area contributed by atoms with Gasteiger partial charge in [0.1, 0.15) is 6.54 Å². The lowest BCUT2D eigenvalue weighted by Crippen LogP contribution is -2.55. The number of piperidine rings is 1. The Hall–Kier alpha value is -2.63. The highest BCUT2D eigenvalue weighted by Crippen LogP contribution is 2.48. The van der Waals surface area contributed by atoms with Gasteiger partial charge in [-0.25, -0.2) is 0 Å². The van der Waals surface area contributed by atoms with Gasteiger partial charge in [0.2, 0.25) is 11.8 Å². The molecule has 1 saturated carbocycles. The van der Waals surface area contributed by atoms with E-state index in [1.807, 2.05) is 24.3 Å². The van der Waals surface area contributed by atoms with Crippen molar-refractivity contribution in [1.82, 2.24) is 20.0 Å². The van der Waals surface area contributed by atoms with Crippen LogP contribution in [0.4, 0.5) is 0 Å². The van der Waals surface area contributed by atoms with E-state index in [0.29, 0.717) is 19.5 Å². The Kier molecular flexibility index (Phi) is 4.97. The van der Waals surface area contributed by atoms with Crippen molar-refractivity contribution in [3.05, 3.63) is 54.4 Å². The summed E-state index contributed by atoms with van der Waals surface area (Å²) in [6.45, 7) is 1.53. The Labute approximate surface area is 159 Å². The molecule has 0 spiro atoms. The molecule has 0 bridgehead atoms. The summed E-state index contributed by atoms with van der Waals surface area (Å²) >= 11 is 0. The zero-order chi connectivity index (χ0) is 18.7. The van der Waals surface area contributed by atoms with Gasteiger partial charge in [-0.05, 0) is 30.9 Å². The molecule has 2 fully saturated rings. The number of hydrogen-bond donors (Lipinski definition) is 1. The number of nitrogens with one attached hydrogen (secondary N) is 1. The molecule has 0 unspecified atom stereocenters. The first-order valence-electron chi connectivity index (χ1n) is 9.74. The molecule has 1 N–H and O–H groups in total. The van der Waals surface area contributed by atoms with Crippen LogP contribution in [0.5, 0.6) is 0 Å². The predicted molar refractivity (Wildman–Crippen MR) is 102 cm³/mol. The topological polar surface area (TPSA) is 67.2 Å². The number of amides is 2. The fourth-order valence-electron chi connectivity index (χ4n) is 4.72. The molecule has 2 aromatic rings. The third kappa shape index (κ3) is 3.75. The maximum absolute atomic E-state index is 12.7. The van der Waals surface area contributed by atoms with Crippen LogP contribution in [0.1, 0.15) is 37.7 Å². The second kappa shape index (κ2) is 7.55. The first-order chi connectivity index (χ1) is 13.2. The minimum Gasteiger partial charge on any atom is -0.354 e. The SMILES string of the molecule is O=C(Cn1cccn1)NC[C@@]12CCC[C@H]1N(Cc1ccccc1)C(=O)CC2. The fourth-order valence-corrected chi connectivity index (χ4v) is 4.72. The molecule has 1 aromatic carbocycles. The van der Waals surface area contributed by atoms with Crippen LogP contribution in [0, 0.1) is 5.41 Å². The number of likely N-dealkylation sites (tertiary alicyclic amines) is 1. The number of carbonyl (C=O) groups is 2. The summed E-state index contributed by atoms with van der Waals surface area (Å²) < 4.78 is 1.63. The molecule has 2 atom stereocenters.